The second kappa shape index (κ2) is 14.6. The number of carbonyl (C=O) groups excluding carboxylic acids is 3. The van der Waals surface area contributed by atoms with Gasteiger partial charge in [0.25, 0.3) is 0 Å². The van der Waals surface area contributed by atoms with Crippen molar-refractivity contribution in [3.8, 4) is 0 Å². The third kappa shape index (κ3) is 10.0. The van der Waals surface area contributed by atoms with Gasteiger partial charge in [-0.2, -0.15) is 0 Å². The van der Waals surface area contributed by atoms with Gasteiger partial charge >= 0.3 is 18.0 Å². The average Bonchev–Trinajstić information content (AvgIpc) is 2.94. The van der Waals surface area contributed by atoms with Crippen LogP contribution in [0.2, 0.25) is 0 Å². The minimum atomic E-state index is -1.56. The van der Waals surface area contributed by atoms with E-state index in [9.17, 15) is 24.3 Å². The van der Waals surface area contributed by atoms with Crippen molar-refractivity contribution in [2.24, 2.45) is 10.9 Å². The molecule has 10 nitrogen and oxygen atoms in total. The Morgan fingerprint density at radius 1 is 0.975 bits per heavy atom. The van der Waals surface area contributed by atoms with E-state index in [1.165, 1.54) is 13.8 Å². The summed E-state index contributed by atoms with van der Waals surface area (Å²) in [4.78, 5) is 53.7. The summed E-state index contributed by atoms with van der Waals surface area (Å²) in [5.41, 5.74) is 0.659. The lowest BCUT2D eigenvalue weighted by atomic mass is 9.95. The number of allylic oxidation sites excluding steroid dienone is 1. The summed E-state index contributed by atoms with van der Waals surface area (Å²) in [6.07, 6.45) is 4.12. The molecule has 0 fully saturated rings. The maximum atomic E-state index is 13.0. The Morgan fingerprint density at radius 2 is 1.57 bits per heavy atom. The molecule has 2 atom stereocenters. The molecule has 3 N–H and O–H groups in total. The van der Waals surface area contributed by atoms with Crippen LogP contribution in [0, 0.1) is 5.92 Å². The number of nitrogens with zero attached hydrogens (tertiary/aromatic N) is 1. The fraction of sp³-hybridized carbons (Fsp3) is 0.367. The van der Waals surface area contributed by atoms with Crippen LogP contribution >= 0.6 is 0 Å². The van der Waals surface area contributed by atoms with Gasteiger partial charge in [-0.1, -0.05) is 66.7 Å². The summed E-state index contributed by atoms with van der Waals surface area (Å²) in [6.45, 7) is 2.92. The molecule has 2 aromatic rings. The largest absolute Gasteiger partial charge is 0.480 e. The molecule has 0 spiro atoms. The van der Waals surface area contributed by atoms with E-state index in [0.29, 0.717) is 18.5 Å². The number of alkyl carbamates (subject to hydrolysis) is 1. The van der Waals surface area contributed by atoms with Gasteiger partial charge in [0.05, 0.1) is 0 Å². The number of benzene rings is 2. The van der Waals surface area contributed by atoms with Gasteiger partial charge in [0.1, 0.15) is 24.8 Å². The van der Waals surface area contributed by atoms with Gasteiger partial charge < -0.3 is 25.2 Å². The molecule has 10 heteroatoms. The normalized spacial score (nSPS) is 15.3. The molecule has 0 saturated carbocycles. The Bertz CT molecular complexity index is 1230. The number of amides is 2. The fourth-order valence-electron chi connectivity index (χ4n) is 3.90. The topological polar surface area (TPSA) is 143 Å². The first-order valence-corrected chi connectivity index (χ1v) is 13.1. The molecule has 1 unspecified atom stereocenters. The number of esters is 1. The van der Waals surface area contributed by atoms with Crippen LogP contribution in [0.4, 0.5) is 4.79 Å². The maximum absolute atomic E-state index is 13.0. The first kappa shape index (κ1) is 30.1. The van der Waals surface area contributed by atoms with Crippen molar-refractivity contribution in [2.75, 3.05) is 0 Å². The highest BCUT2D eigenvalue weighted by atomic mass is 16.5. The number of ether oxygens (including phenoxy) is 2. The van der Waals surface area contributed by atoms with E-state index in [1.54, 1.807) is 18.3 Å². The van der Waals surface area contributed by atoms with Crippen LogP contribution in [0.25, 0.3) is 0 Å². The average molecular weight is 550 g/mol. The molecule has 2 amide bonds. The van der Waals surface area contributed by atoms with E-state index in [2.05, 4.69) is 15.6 Å². The predicted octanol–water partition coefficient (Wildman–Crippen LogP) is 4.15. The first-order valence-electron chi connectivity index (χ1n) is 13.1. The lowest BCUT2D eigenvalue weighted by Gasteiger charge is -2.26. The highest BCUT2D eigenvalue weighted by Crippen LogP contribution is 2.22. The highest BCUT2D eigenvalue weighted by molar-refractivity contribution is 5.91. The minimum absolute atomic E-state index is 0.00489. The lowest BCUT2D eigenvalue weighted by Crippen LogP contribution is -2.56. The Morgan fingerprint density at radius 3 is 2.17 bits per heavy atom. The van der Waals surface area contributed by atoms with Crippen molar-refractivity contribution in [3.63, 3.8) is 0 Å². The van der Waals surface area contributed by atoms with Crippen molar-refractivity contribution in [3.05, 3.63) is 83.6 Å². The molecular formula is C30H35N3O7. The van der Waals surface area contributed by atoms with E-state index < -0.39 is 29.6 Å². The molecule has 3 rings (SSSR count). The van der Waals surface area contributed by atoms with E-state index >= 15 is 0 Å². The number of carboxylic acids is 1. The highest BCUT2D eigenvalue weighted by Gasteiger charge is 2.33. The summed E-state index contributed by atoms with van der Waals surface area (Å²) < 4.78 is 10.6. The van der Waals surface area contributed by atoms with Gasteiger partial charge in [-0.25, -0.2) is 9.59 Å². The third-order valence-electron chi connectivity index (χ3n) is 6.26. The monoisotopic (exact) mass is 549 g/mol. The van der Waals surface area contributed by atoms with E-state index in [4.69, 9.17) is 9.47 Å². The molecule has 0 radical (unpaired) electrons. The van der Waals surface area contributed by atoms with Crippen LogP contribution in [0.5, 0.6) is 0 Å². The molecule has 1 aliphatic heterocycles. The molecule has 0 saturated heterocycles. The second-order valence-corrected chi connectivity index (χ2v) is 10.0. The number of aliphatic imine (C=N–C) groups is 1. The van der Waals surface area contributed by atoms with E-state index in [0.717, 1.165) is 11.1 Å². The van der Waals surface area contributed by atoms with E-state index in [-0.39, 0.29) is 37.9 Å². The van der Waals surface area contributed by atoms with Crippen molar-refractivity contribution in [1.82, 2.24) is 10.6 Å². The van der Waals surface area contributed by atoms with Crippen molar-refractivity contribution >= 4 is 30.2 Å². The number of hydrogen-bond donors (Lipinski definition) is 3. The minimum Gasteiger partial charge on any atom is -0.480 e. The summed E-state index contributed by atoms with van der Waals surface area (Å²) in [5, 5.41) is 14.4. The third-order valence-corrected chi connectivity index (χ3v) is 6.26. The number of rotatable bonds is 13. The summed E-state index contributed by atoms with van der Waals surface area (Å²) in [7, 11) is 0. The summed E-state index contributed by atoms with van der Waals surface area (Å²) in [6, 6.07) is 17.3. The summed E-state index contributed by atoms with van der Waals surface area (Å²) >= 11 is 0. The number of hydrogen-bond acceptors (Lipinski definition) is 7. The van der Waals surface area contributed by atoms with Gasteiger partial charge in [0, 0.05) is 24.8 Å². The van der Waals surface area contributed by atoms with Gasteiger partial charge in [0.2, 0.25) is 5.91 Å². The SMILES string of the molecule is CC(C)(NC(=O)[C@H](CC1=CC(CCC(=O)OCc2ccccc2)CC=N1)NC(=O)OCc1ccccc1)C(=O)O. The number of aliphatic carboxylic acids is 1. The molecule has 1 aliphatic rings. The smallest absolute Gasteiger partial charge is 0.408 e. The Labute approximate surface area is 233 Å². The van der Waals surface area contributed by atoms with Gasteiger partial charge in [-0.3, -0.25) is 14.6 Å². The van der Waals surface area contributed by atoms with Crippen LogP contribution in [0.15, 0.2) is 77.4 Å². The number of nitrogens with one attached hydrogen (secondary N) is 2. The van der Waals surface area contributed by atoms with Crippen LogP contribution in [-0.4, -0.2) is 46.8 Å². The van der Waals surface area contributed by atoms with Gasteiger partial charge in [-0.15, -0.1) is 0 Å². The Balaban J connectivity index is 1.59. The zero-order valence-electron chi connectivity index (χ0n) is 22.7. The summed E-state index contributed by atoms with van der Waals surface area (Å²) in [5.74, 6) is -2.23. The number of carboxylic acid groups (broad SMARTS) is 1. The molecule has 212 valence electrons. The van der Waals surface area contributed by atoms with Crippen LogP contribution in [0.3, 0.4) is 0 Å². The molecule has 0 aliphatic carbocycles. The lowest BCUT2D eigenvalue weighted by molar-refractivity contribution is -0.146. The van der Waals surface area contributed by atoms with Crippen molar-refractivity contribution in [2.45, 2.75) is 64.3 Å². The van der Waals surface area contributed by atoms with Crippen LogP contribution < -0.4 is 10.6 Å². The standard InChI is InChI=1S/C30H35N3O7/c1-30(2,28(36)37)33-27(35)25(32-29(38)40-20-23-11-7-4-8-12-23)18-24-17-21(15-16-31-24)13-14-26(34)39-19-22-9-5-3-6-10-22/h3-12,16-17,21,25H,13-15,18-20H2,1-2H3,(H,32,38)(H,33,35)(H,36,37)/t21?,25-/m0/s1. The molecule has 40 heavy (non-hydrogen) atoms. The molecule has 2 aromatic carbocycles. The van der Waals surface area contributed by atoms with E-state index in [1.807, 2.05) is 54.6 Å². The quantitative estimate of drug-likeness (QED) is 0.319. The molecular weight excluding hydrogens is 514 g/mol. The zero-order valence-corrected chi connectivity index (χ0v) is 22.7. The Hall–Kier alpha value is -4.47. The fourth-order valence-corrected chi connectivity index (χ4v) is 3.90. The van der Waals surface area contributed by atoms with Gasteiger partial charge in [-0.05, 0) is 43.7 Å². The molecule has 0 bridgehead atoms. The van der Waals surface area contributed by atoms with Crippen LogP contribution in [0.1, 0.15) is 50.7 Å². The van der Waals surface area contributed by atoms with Crippen molar-refractivity contribution in [1.29, 1.82) is 0 Å². The number of carbonyl (C=O) groups is 4. The Kier molecular flexibility index (Phi) is 11.0. The molecule has 1 heterocycles. The van der Waals surface area contributed by atoms with Gasteiger partial charge in [0.15, 0.2) is 0 Å². The van der Waals surface area contributed by atoms with Crippen molar-refractivity contribution < 1.29 is 33.8 Å². The second-order valence-electron chi connectivity index (χ2n) is 10.0. The first-order chi connectivity index (χ1) is 19.1. The van der Waals surface area contributed by atoms with Crippen LogP contribution in [-0.2, 0) is 37.1 Å². The maximum Gasteiger partial charge on any atom is 0.408 e. The predicted molar refractivity (Wildman–Crippen MR) is 148 cm³/mol. The zero-order chi connectivity index (χ0) is 29.0. The molecule has 0 aromatic heterocycles.